The summed E-state index contributed by atoms with van der Waals surface area (Å²) in [5.41, 5.74) is 5.13. The fourth-order valence-corrected chi connectivity index (χ4v) is 2.97. The van der Waals surface area contributed by atoms with Crippen LogP contribution in [0, 0.1) is 6.92 Å². The van der Waals surface area contributed by atoms with Crippen LogP contribution in [0.25, 0.3) is 22.1 Å². The Morgan fingerprint density at radius 3 is 2.83 bits per heavy atom. The topological polar surface area (TPSA) is 55.9 Å². The van der Waals surface area contributed by atoms with Gasteiger partial charge < -0.3 is 14.3 Å². The number of para-hydroxylation sites is 2. The van der Waals surface area contributed by atoms with E-state index < -0.39 is 0 Å². The van der Waals surface area contributed by atoms with Gasteiger partial charge in [0.25, 0.3) is 6.01 Å². The maximum atomic E-state index is 5.70. The monoisotopic (exact) mass is 320 g/mol. The first-order valence-corrected chi connectivity index (χ1v) is 8.22. The van der Waals surface area contributed by atoms with Gasteiger partial charge in [0.15, 0.2) is 5.58 Å². The van der Waals surface area contributed by atoms with Gasteiger partial charge in [0, 0.05) is 20.0 Å². The van der Waals surface area contributed by atoms with Crippen LogP contribution in [-0.2, 0) is 13.5 Å². The van der Waals surface area contributed by atoms with E-state index in [0.717, 1.165) is 41.8 Å². The molecule has 2 aromatic carbocycles. The highest BCUT2D eigenvalue weighted by Crippen LogP contribution is 2.20. The molecule has 0 unspecified atom stereocenters. The number of benzene rings is 2. The molecule has 2 heterocycles. The van der Waals surface area contributed by atoms with Crippen LogP contribution in [0.4, 0.5) is 6.01 Å². The molecule has 2 aromatic heterocycles. The molecule has 24 heavy (non-hydrogen) atoms. The van der Waals surface area contributed by atoms with Gasteiger partial charge >= 0.3 is 0 Å². The van der Waals surface area contributed by atoms with Crippen LogP contribution in [0.2, 0.25) is 0 Å². The highest BCUT2D eigenvalue weighted by atomic mass is 16.4. The summed E-state index contributed by atoms with van der Waals surface area (Å²) in [7, 11) is 2.07. The van der Waals surface area contributed by atoms with Gasteiger partial charge in [-0.05, 0) is 43.2 Å². The summed E-state index contributed by atoms with van der Waals surface area (Å²) in [5.74, 6) is 1.10. The number of nitrogens with one attached hydrogen (secondary N) is 1. The second-order valence-corrected chi connectivity index (χ2v) is 6.10. The van der Waals surface area contributed by atoms with Crippen molar-refractivity contribution in [3.63, 3.8) is 0 Å². The molecule has 0 saturated heterocycles. The number of rotatable bonds is 5. The van der Waals surface area contributed by atoms with Crippen LogP contribution in [0.1, 0.15) is 17.8 Å². The number of fused-ring (bicyclic) bond motifs is 2. The van der Waals surface area contributed by atoms with E-state index >= 15 is 0 Å². The highest BCUT2D eigenvalue weighted by Gasteiger charge is 2.08. The predicted molar refractivity (Wildman–Crippen MR) is 96.3 cm³/mol. The van der Waals surface area contributed by atoms with Crippen LogP contribution in [0.15, 0.2) is 46.9 Å². The van der Waals surface area contributed by atoms with E-state index in [-0.39, 0.29) is 0 Å². The number of aryl methyl sites for hydroxylation is 3. The first-order valence-electron chi connectivity index (χ1n) is 8.22. The molecule has 4 rings (SSSR count). The van der Waals surface area contributed by atoms with E-state index in [0.29, 0.717) is 6.01 Å². The zero-order valence-corrected chi connectivity index (χ0v) is 13.9. The van der Waals surface area contributed by atoms with Gasteiger partial charge in [0.2, 0.25) is 0 Å². The number of aromatic nitrogens is 3. The summed E-state index contributed by atoms with van der Waals surface area (Å²) >= 11 is 0. The van der Waals surface area contributed by atoms with Crippen molar-refractivity contribution in [3.05, 3.63) is 53.9 Å². The van der Waals surface area contributed by atoms with Gasteiger partial charge in [0.05, 0.1) is 11.0 Å². The molecule has 0 aliphatic carbocycles. The lowest BCUT2D eigenvalue weighted by Gasteiger charge is -2.03. The summed E-state index contributed by atoms with van der Waals surface area (Å²) < 4.78 is 7.87. The van der Waals surface area contributed by atoms with Gasteiger partial charge in [-0.2, -0.15) is 4.98 Å². The molecule has 0 radical (unpaired) electrons. The minimum atomic E-state index is 0.584. The number of nitrogens with zero attached hydrogens (tertiary/aromatic N) is 3. The van der Waals surface area contributed by atoms with Gasteiger partial charge in [-0.3, -0.25) is 0 Å². The van der Waals surface area contributed by atoms with E-state index in [2.05, 4.69) is 41.0 Å². The summed E-state index contributed by atoms with van der Waals surface area (Å²) in [6, 6.07) is 14.8. The van der Waals surface area contributed by atoms with E-state index in [4.69, 9.17) is 9.40 Å². The Labute approximate surface area is 140 Å². The molecule has 122 valence electrons. The second-order valence-electron chi connectivity index (χ2n) is 6.10. The Balaban J connectivity index is 1.38. The minimum absolute atomic E-state index is 0.584. The van der Waals surface area contributed by atoms with E-state index in [1.807, 2.05) is 30.3 Å². The lowest BCUT2D eigenvalue weighted by Crippen LogP contribution is -2.05. The standard InChI is InChI=1S/C19H20N4O/c1-13-9-10-17-15(12-13)22-19(24-17)20-11-5-8-18-21-14-6-3-4-7-16(14)23(18)2/h3-4,6-7,9-10,12H,5,8,11H2,1-2H3,(H,20,22). The second kappa shape index (κ2) is 6.00. The third kappa shape index (κ3) is 2.73. The van der Waals surface area contributed by atoms with Crippen molar-refractivity contribution in [3.8, 4) is 0 Å². The largest absolute Gasteiger partial charge is 0.424 e. The number of oxazole rings is 1. The van der Waals surface area contributed by atoms with Crippen molar-refractivity contribution in [2.45, 2.75) is 19.8 Å². The van der Waals surface area contributed by atoms with Crippen molar-refractivity contribution < 1.29 is 4.42 Å². The molecule has 0 bridgehead atoms. The van der Waals surface area contributed by atoms with Crippen LogP contribution < -0.4 is 5.32 Å². The van der Waals surface area contributed by atoms with Gasteiger partial charge in [0.1, 0.15) is 11.3 Å². The molecule has 0 fully saturated rings. The molecule has 0 atom stereocenters. The smallest absolute Gasteiger partial charge is 0.295 e. The number of hydrogen-bond donors (Lipinski definition) is 1. The Morgan fingerprint density at radius 2 is 1.96 bits per heavy atom. The summed E-state index contributed by atoms with van der Waals surface area (Å²) in [6.45, 7) is 2.85. The SMILES string of the molecule is Cc1ccc2oc(NCCCc3nc4ccccc4n3C)nc2c1. The molecule has 0 aliphatic heterocycles. The summed E-state index contributed by atoms with van der Waals surface area (Å²) in [4.78, 5) is 9.17. The van der Waals surface area contributed by atoms with Crippen molar-refractivity contribution in [1.82, 2.24) is 14.5 Å². The lowest BCUT2D eigenvalue weighted by atomic mass is 10.2. The Kier molecular flexibility index (Phi) is 3.69. The van der Waals surface area contributed by atoms with Crippen LogP contribution in [-0.4, -0.2) is 21.1 Å². The van der Waals surface area contributed by atoms with E-state index in [1.54, 1.807) is 0 Å². The summed E-state index contributed by atoms with van der Waals surface area (Å²) in [5, 5.41) is 3.26. The number of hydrogen-bond acceptors (Lipinski definition) is 4. The maximum absolute atomic E-state index is 5.70. The van der Waals surface area contributed by atoms with Crippen LogP contribution in [0.3, 0.4) is 0 Å². The molecular weight excluding hydrogens is 300 g/mol. The molecule has 5 heteroatoms. The first-order chi connectivity index (χ1) is 11.7. The first kappa shape index (κ1) is 14.8. The quantitative estimate of drug-likeness (QED) is 0.563. The average Bonchev–Trinajstić information content (AvgIpc) is 3.12. The van der Waals surface area contributed by atoms with E-state index in [1.165, 1.54) is 11.1 Å². The highest BCUT2D eigenvalue weighted by molar-refractivity contribution is 5.76. The molecule has 1 N–H and O–H groups in total. The Morgan fingerprint density at radius 1 is 1.08 bits per heavy atom. The zero-order valence-electron chi connectivity index (χ0n) is 13.9. The normalized spacial score (nSPS) is 11.4. The van der Waals surface area contributed by atoms with Gasteiger partial charge in [-0.25, -0.2) is 4.98 Å². The average molecular weight is 320 g/mol. The zero-order chi connectivity index (χ0) is 16.5. The fraction of sp³-hybridized carbons (Fsp3) is 0.263. The van der Waals surface area contributed by atoms with Crippen LogP contribution >= 0.6 is 0 Å². The molecule has 0 aliphatic rings. The van der Waals surface area contributed by atoms with Gasteiger partial charge in [-0.15, -0.1) is 0 Å². The Hall–Kier alpha value is -2.82. The molecule has 5 nitrogen and oxygen atoms in total. The molecule has 4 aromatic rings. The van der Waals surface area contributed by atoms with Crippen molar-refractivity contribution >= 4 is 28.1 Å². The Bertz CT molecular complexity index is 999. The maximum Gasteiger partial charge on any atom is 0.295 e. The third-order valence-electron chi connectivity index (χ3n) is 4.28. The van der Waals surface area contributed by atoms with Crippen molar-refractivity contribution in [2.75, 3.05) is 11.9 Å². The minimum Gasteiger partial charge on any atom is -0.424 e. The fourth-order valence-electron chi connectivity index (χ4n) is 2.97. The summed E-state index contributed by atoms with van der Waals surface area (Å²) in [6.07, 6.45) is 1.88. The van der Waals surface area contributed by atoms with Crippen molar-refractivity contribution in [2.24, 2.45) is 7.05 Å². The molecular formula is C19H20N4O. The molecule has 0 saturated carbocycles. The lowest BCUT2D eigenvalue weighted by molar-refractivity contribution is 0.610. The molecule has 0 amide bonds. The van der Waals surface area contributed by atoms with Crippen molar-refractivity contribution in [1.29, 1.82) is 0 Å². The number of imidazole rings is 1. The van der Waals surface area contributed by atoms with E-state index in [9.17, 15) is 0 Å². The molecule has 0 spiro atoms. The van der Waals surface area contributed by atoms with Gasteiger partial charge in [-0.1, -0.05) is 18.2 Å². The van der Waals surface area contributed by atoms with Crippen LogP contribution in [0.5, 0.6) is 0 Å². The third-order valence-corrected chi connectivity index (χ3v) is 4.28. The predicted octanol–water partition coefficient (Wildman–Crippen LogP) is 4.07. The number of anilines is 1.